The van der Waals surface area contributed by atoms with Gasteiger partial charge in [0.25, 0.3) is 0 Å². The van der Waals surface area contributed by atoms with Crippen LogP contribution in [0.5, 0.6) is 0 Å². The van der Waals surface area contributed by atoms with E-state index in [-0.39, 0.29) is 6.03 Å². The Balaban J connectivity index is 1.37. The Labute approximate surface area is 225 Å². The average Bonchev–Trinajstić information content (AvgIpc) is 3.08. The number of ether oxygens (including phenoxy) is 2. The predicted molar refractivity (Wildman–Crippen MR) is 148 cm³/mol. The first-order chi connectivity index (χ1) is 18.1. The summed E-state index contributed by atoms with van der Waals surface area (Å²) in [6.45, 7) is 6.10. The minimum atomic E-state index is 0.0240. The van der Waals surface area contributed by atoms with E-state index < -0.39 is 0 Å². The van der Waals surface area contributed by atoms with E-state index in [0.29, 0.717) is 32.8 Å². The van der Waals surface area contributed by atoms with Crippen LogP contribution >= 0.6 is 11.6 Å². The van der Waals surface area contributed by atoms with Crippen LogP contribution in [0.1, 0.15) is 41.6 Å². The number of fused-ring (bicyclic) bond motifs is 2. The highest BCUT2D eigenvalue weighted by Crippen LogP contribution is 2.38. The van der Waals surface area contributed by atoms with Crippen LogP contribution in [-0.4, -0.2) is 87.5 Å². The highest BCUT2D eigenvalue weighted by molar-refractivity contribution is 6.30. The second-order valence-corrected chi connectivity index (χ2v) is 10.1. The molecule has 2 amide bonds. The number of rotatable bonds is 10. The first kappa shape index (κ1) is 27.6. The number of carbonyl (C=O) groups excluding carboxylic acids is 1. The third kappa shape index (κ3) is 7.32. The molecule has 200 valence electrons. The highest BCUT2D eigenvalue weighted by Gasteiger charge is 2.26. The summed E-state index contributed by atoms with van der Waals surface area (Å²) in [5, 5.41) is 3.89. The Morgan fingerprint density at radius 1 is 1.03 bits per heavy atom. The summed E-state index contributed by atoms with van der Waals surface area (Å²) < 4.78 is 10.4. The van der Waals surface area contributed by atoms with Crippen molar-refractivity contribution in [3.8, 4) is 0 Å². The maximum atomic E-state index is 12.9. The molecular weight excluding hydrogens is 488 g/mol. The van der Waals surface area contributed by atoms with Gasteiger partial charge in [-0.25, -0.2) is 4.79 Å². The molecule has 0 atom stereocenters. The molecule has 1 aliphatic carbocycles. The molecule has 7 nitrogen and oxygen atoms in total. The van der Waals surface area contributed by atoms with Crippen molar-refractivity contribution in [2.24, 2.45) is 0 Å². The molecule has 1 aromatic carbocycles. The number of pyridine rings is 1. The normalized spacial score (nSPS) is 15.4. The van der Waals surface area contributed by atoms with Gasteiger partial charge in [0.2, 0.25) is 0 Å². The smallest absolute Gasteiger partial charge is 0.317 e. The van der Waals surface area contributed by atoms with Crippen LogP contribution in [0.15, 0.2) is 42.1 Å². The average molecular weight is 527 g/mol. The molecule has 8 heteroatoms. The Morgan fingerprint density at radius 2 is 1.76 bits per heavy atom. The van der Waals surface area contributed by atoms with E-state index in [0.717, 1.165) is 62.5 Å². The van der Waals surface area contributed by atoms with Crippen molar-refractivity contribution in [1.82, 2.24) is 20.1 Å². The maximum Gasteiger partial charge on any atom is 0.317 e. The Bertz CT molecular complexity index is 1070. The van der Waals surface area contributed by atoms with Gasteiger partial charge < -0.3 is 19.7 Å². The molecule has 1 fully saturated rings. The molecule has 2 heterocycles. The van der Waals surface area contributed by atoms with Crippen molar-refractivity contribution in [3.63, 3.8) is 0 Å². The standard InChI is InChI=1S/C29H39ClN4O3/c1-36-19-17-33(18-20-37-2)14-4-13-32-29(35)34-15-10-22(11-16-34)27-26-9-8-25(30)21-24(26)7-6-23-5-3-12-31-28(23)27/h3,5,8-9,12,21H,4,6-7,10-11,13-20H2,1-2H3,(H,32,35). The number of halogens is 1. The molecule has 2 aromatic rings. The number of amides is 2. The van der Waals surface area contributed by atoms with Gasteiger partial charge in [0, 0.05) is 63.7 Å². The lowest BCUT2D eigenvalue weighted by Crippen LogP contribution is -2.44. The second-order valence-electron chi connectivity index (χ2n) is 9.69. The number of urea groups is 1. The molecule has 0 unspecified atom stereocenters. The Hall–Kier alpha value is -2.45. The molecule has 0 saturated carbocycles. The summed E-state index contributed by atoms with van der Waals surface area (Å²) in [6, 6.07) is 10.4. The number of nitrogens with zero attached hydrogens (tertiary/aromatic N) is 3. The summed E-state index contributed by atoms with van der Waals surface area (Å²) in [5.74, 6) is 0. The fourth-order valence-electron chi connectivity index (χ4n) is 5.25. The largest absolute Gasteiger partial charge is 0.383 e. The summed E-state index contributed by atoms with van der Waals surface area (Å²) >= 11 is 6.35. The van der Waals surface area contributed by atoms with Crippen molar-refractivity contribution in [1.29, 1.82) is 0 Å². The molecule has 37 heavy (non-hydrogen) atoms. The van der Waals surface area contributed by atoms with Crippen LogP contribution in [-0.2, 0) is 22.3 Å². The quantitative estimate of drug-likeness (QED) is 0.464. The number of carbonyl (C=O) groups is 1. The molecule has 0 radical (unpaired) electrons. The molecule has 0 spiro atoms. The van der Waals surface area contributed by atoms with Crippen LogP contribution < -0.4 is 5.32 Å². The topological polar surface area (TPSA) is 66.9 Å². The van der Waals surface area contributed by atoms with Gasteiger partial charge in [0.05, 0.1) is 18.9 Å². The number of hydrogen-bond acceptors (Lipinski definition) is 5. The minimum absolute atomic E-state index is 0.0240. The van der Waals surface area contributed by atoms with E-state index in [1.54, 1.807) is 14.2 Å². The lowest BCUT2D eigenvalue weighted by Gasteiger charge is -2.30. The van der Waals surface area contributed by atoms with E-state index in [4.69, 9.17) is 26.1 Å². The predicted octanol–water partition coefficient (Wildman–Crippen LogP) is 4.43. The summed E-state index contributed by atoms with van der Waals surface area (Å²) in [7, 11) is 3.43. The maximum absolute atomic E-state index is 12.9. The van der Waals surface area contributed by atoms with Gasteiger partial charge in [-0.05, 0) is 73.5 Å². The second kappa shape index (κ2) is 13.9. The van der Waals surface area contributed by atoms with Crippen molar-refractivity contribution in [2.75, 3.05) is 66.7 Å². The number of aromatic nitrogens is 1. The minimum Gasteiger partial charge on any atom is -0.383 e. The molecule has 4 rings (SSSR count). The van der Waals surface area contributed by atoms with Gasteiger partial charge >= 0.3 is 6.03 Å². The van der Waals surface area contributed by atoms with Crippen molar-refractivity contribution < 1.29 is 14.3 Å². The summed E-state index contributed by atoms with van der Waals surface area (Å²) in [4.78, 5) is 21.9. The van der Waals surface area contributed by atoms with Crippen LogP contribution in [0.2, 0.25) is 5.02 Å². The first-order valence-electron chi connectivity index (χ1n) is 13.3. The van der Waals surface area contributed by atoms with Crippen LogP contribution in [0.4, 0.5) is 4.79 Å². The number of piperidine rings is 1. The summed E-state index contributed by atoms with van der Waals surface area (Å²) in [6.07, 6.45) is 6.38. The van der Waals surface area contributed by atoms with Crippen molar-refractivity contribution in [3.05, 3.63) is 69.5 Å². The zero-order valence-electron chi connectivity index (χ0n) is 22.1. The molecular formula is C29H39ClN4O3. The fraction of sp³-hybridized carbons (Fsp3) is 0.517. The van der Waals surface area contributed by atoms with Gasteiger partial charge in [0.15, 0.2) is 0 Å². The van der Waals surface area contributed by atoms with Gasteiger partial charge in [-0.3, -0.25) is 9.88 Å². The van der Waals surface area contributed by atoms with Crippen LogP contribution in [0, 0.1) is 0 Å². The number of aryl methyl sites for hydroxylation is 2. The number of likely N-dealkylation sites (tertiary alicyclic amines) is 1. The fourth-order valence-corrected chi connectivity index (χ4v) is 5.44. The Morgan fingerprint density at radius 3 is 2.49 bits per heavy atom. The number of hydrogen-bond donors (Lipinski definition) is 1. The molecule has 1 aromatic heterocycles. The van der Waals surface area contributed by atoms with Crippen LogP contribution in [0.25, 0.3) is 5.57 Å². The van der Waals surface area contributed by atoms with Crippen molar-refractivity contribution >= 4 is 23.2 Å². The van der Waals surface area contributed by atoms with E-state index in [9.17, 15) is 4.79 Å². The van der Waals surface area contributed by atoms with Gasteiger partial charge in [0.1, 0.15) is 0 Å². The number of nitrogens with one attached hydrogen (secondary N) is 1. The van der Waals surface area contributed by atoms with Crippen LogP contribution in [0.3, 0.4) is 0 Å². The number of benzene rings is 1. The Kier molecular flexibility index (Phi) is 10.4. The van der Waals surface area contributed by atoms with E-state index in [1.165, 1.54) is 27.8 Å². The zero-order valence-corrected chi connectivity index (χ0v) is 22.9. The van der Waals surface area contributed by atoms with E-state index in [1.807, 2.05) is 23.2 Å². The molecule has 1 N–H and O–H groups in total. The van der Waals surface area contributed by atoms with Gasteiger partial charge in [-0.1, -0.05) is 29.3 Å². The summed E-state index contributed by atoms with van der Waals surface area (Å²) in [5.41, 5.74) is 7.50. The van der Waals surface area contributed by atoms with E-state index in [2.05, 4.69) is 28.4 Å². The van der Waals surface area contributed by atoms with Gasteiger partial charge in [-0.15, -0.1) is 0 Å². The van der Waals surface area contributed by atoms with Gasteiger partial charge in [-0.2, -0.15) is 0 Å². The zero-order chi connectivity index (χ0) is 26.0. The monoisotopic (exact) mass is 526 g/mol. The molecule has 0 bridgehead atoms. The SMILES string of the molecule is COCCN(CCCNC(=O)N1CCC(=C2c3ccc(Cl)cc3CCc3cccnc32)CC1)CCOC. The third-order valence-corrected chi connectivity index (χ3v) is 7.52. The molecule has 1 aliphatic heterocycles. The van der Waals surface area contributed by atoms with Crippen molar-refractivity contribution in [2.45, 2.75) is 32.1 Å². The highest BCUT2D eigenvalue weighted by atomic mass is 35.5. The third-order valence-electron chi connectivity index (χ3n) is 7.29. The lowest BCUT2D eigenvalue weighted by atomic mass is 9.88. The number of methoxy groups -OCH3 is 2. The molecule has 2 aliphatic rings. The van der Waals surface area contributed by atoms with E-state index >= 15 is 0 Å². The lowest BCUT2D eigenvalue weighted by molar-refractivity contribution is 0.113. The molecule has 1 saturated heterocycles. The first-order valence-corrected chi connectivity index (χ1v) is 13.7.